The average molecular weight is 458 g/mol. The number of amides is 3. The molecule has 0 aliphatic rings. The van der Waals surface area contributed by atoms with Crippen LogP contribution in [-0.2, 0) is 4.79 Å². The smallest absolute Gasteiger partial charge is 0.333 e. The van der Waals surface area contributed by atoms with Crippen molar-refractivity contribution < 1.29 is 14.3 Å². The molecule has 0 saturated carbocycles. The molecule has 0 atom stereocenters. The number of nitrogens with zero attached hydrogens (tertiary/aromatic N) is 1. The Balaban J connectivity index is 1.76. The third-order valence-corrected chi connectivity index (χ3v) is 5.59. The SMILES string of the molecule is CCCCCCCCCCCCOc1ccccc1NC(=O)N([C]=O)c1ccccc1Cl. The van der Waals surface area contributed by atoms with Gasteiger partial charge in [-0.25, -0.2) is 9.69 Å². The summed E-state index contributed by atoms with van der Waals surface area (Å²) in [7, 11) is 0. The van der Waals surface area contributed by atoms with Gasteiger partial charge >= 0.3 is 12.4 Å². The first-order valence-corrected chi connectivity index (χ1v) is 12.0. The van der Waals surface area contributed by atoms with Gasteiger partial charge in [-0.2, -0.15) is 0 Å². The monoisotopic (exact) mass is 457 g/mol. The molecule has 0 unspecified atom stereocenters. The number of hydrogen-bond acceptors (Lipinski definition) is 3. The minimum Gasteiger partial charge on any atom is -0.491 e. The number of urea groups is 1. The molecule has 1 radical (unpaired) electrons. The van der Waals surface area contributed by atoms with Gasteiger partial charge in [-0.3, -0.25) is 4.79 Å². The van der Waals surface area contributed by atoms with Crippen LogP contribution in [0.3, 0.4) is 0 Å². The molecule has 0 spiro atoms. The van der Waals surface area contributed by atoms with Gasteiger partial charge in [-0.1, -0.05) is 101 Å². The van der Waals surface area contributed by atoms with E-state index in [4.69, 9.17) is 16.3 Å². The van der Waals surface area contributed by atoms with Gasteiger partial charge < -0.3 is 10.1 Å². The highest BCUT2D eigenvalue weighted by molar-refractivity contribution is 6.34. The molecule has 0 aliphatic heterocycles. The lowest BCUT2D eigenvalue weighted by atomic mass is 10.1. The number of carbonyl (C=O) groups is 1. The molecule has 5 nitrogen and oxygen atoms in total. The van der Waals surface area contributed by atoms with Crippen molar-refractivity contribution in [2.24, 2.45) is 0 Å². The maximum absolute atomic E-state index is 12.6. The van der Waals surface area contributed by atoms with Gasteiger partial charge in [0, 0.05) is 0 Å². The number of halogens is 1. The van der Waals surface area contributed by atoms with E-state index < -0.39 is 6.03 Å². The Bertz CT molecular complexity index is 828. The van der Waals surface area contributed by atoms with Crippen LogP contribution in [-0.4, -0.2) is 19.0 Å². The lowest BCUT2D eigenvalue weighted by molar-refractivity contribution is 0.258. The average Bonchev–Trinajstić information content (AvgIpc) is 2.80. The zero-order valence-corrected chi connectivity index (χ0v) is 19.7. The van der Waals surface area contributed by atoms with E-state index in [1.165, 1.54) is 51.4 Å². The van der Waals surface area contributed by atoms with E-state index in [0.29, 0.717) is 18.0 Å². The van der Waals surface area contributed by atoms with Crippen LogP contribution in [0.5, 0.6) is 5.75 Å². The number of ether oxygens (including phenoxy) is 1. The molecule has 0 bridgehead atoms. The number of imide groups is 1. The highest BCUT2D eigenvalue weighted by Crippen LogP contribution is 2.28. The summed E-state index contributed by atoms with van der Waals surface area (Å²) in [6.07, 6.45) is 14.2. The van der Waals surface area contributed by atoms with Crippen molar-refractivity contribution in [3.63, 3.8) is 0 Å². The first-order valence-electron chi connectivity index (χ1n) is 11.6. The van der Waals surface area contributed by atoms with Crippen LogP contribution in [0.1, 0.15) is 71.1 Å². The summed E-state index contributed by atoms with van der Waals surface area (Å²) < 4.78 is 5.90. The van der Waals surface area contributed by atoms with E-state index in [0.717, 1.165) is 17.7 Å². The van der Waals surface area contributed by atoms with Crippen LogP contribution in [0, 0.1) is 0 Å². The number of carbonyl (C=O) groups excluding carboxylic acids is 2. The summed E-state index contributed by atoms with van der Waals surface area (Å²) in [4.78, 5) is 24.9. The summed E-state index contributed by atoms with van der Waals surface area (Å²) in [5, 5.41) is 3.01. The van der Waals surface area contributed by atoms with Crippen molar-refractivity contribution >= 4 is 35.4 Å². The fraction of sp³-hybridized carbons (Fsp3) is 0.462. The number of hydrogen-bond donors (Lipinski definition) is 1. The van der Waals surface area contributed by atoms with Crippen LogP contribution in [0.2, 0.25) is 5.02 Å². The number of para-hydroxylation sites is 3. The predicted molar refractivity (Wildman–Crippen MR) is 132 cm³/mol. The number of unbranched alkanes of at least 4 members (excludes halogenated alkanes) is 9. The molecule has 6 heteroatoms. The van der Waals surface area contributed by atoms with Gasteiger partial charge in [-0.05, 0) is 30.7 Å². The number of anilines is 2. The molecule has 0 heterocycles. The largest absolute Gasteiger partial charge is 0.491 e. The molecule has 173 valence electrons. The van der Waals surface area contributed by atoms with Gasteiger partial charge in [0.1, 0.15) is 5.75 Å². The highest BCUT2D eigenvalue weighted by Gasteiger charge is 2.19. The van der Waals surface area contributed by atoms with Crippen molar-refractivity contribution in [1.82, 2.24) is 0 Å². The summed E-state index contributed by atoms with van der Waals surface area (Å²) >= 11 is 6.11. The Morgan fingerprint density at radius 2 is 1.50 bits per heavy atom. The molecule has 2 aromatic carbocycles. The van der Waals surface area contributed by atoms with Crippen LogP contribution >= 0.6 is 11.6 Å². The summed E-state index contributed by atoms with van der Waals surface area (Å²) in [6, 6.07) is 13.2. The maximum Gasteiger partial charge on any atom is 0.333 e. The van der Waals surface area contributed by atoms with Crippen LogP contribution in [0.4, 0.5) is 16.2 Å². The lowest BCUT2D eigenvalue weighted by Crippen LogP contribution is -2.34. The topological polar surface area (TPSA) is 58.6 Å². The van der Waals surface area contributed by atoms with Crippen molar-refractivity contribution in [2.45, 2.75) is 71.1 Å². The third kappa shape index (κ3) is 8.91. The van der Waals surface area contributed by atoms with Gasteiger partial charge in [0.25, 0.3) is 0 Å². The van der Waals surface area contributed by atoms with Crippen LogP contribution in [0.25, 0.3) is 0 Å². The fourth-order valence-electron chi connectivity index (χ4n) is 3.47. The Morgan fingerprint density at radius 1 is 0.906 bits per heavy atom. The highest BCUT2D eigenvalue weighted by atomic mass is 35.5. The molecule has 0 aromatic heterocycles. The summed E-state index contributed by atoms with van der Waals surface area (Å²) in [5.41, 5.74) is 0.766. The normalized spacial score (nSPS) is 10.6. The first-order chi connectivity index (χ1) is 15.7. The van der Waals surface area contributed by atoms with Gasteiger partial charge in [0.2, 0.25) is 0 Å². The van der Waals surface area contributed by atoms with Crippen LogP contribution in [0.15, 0.2) is 48.5 Å². The molecule has 0 aliphatic carbocycles. The predicted octanol–water partition coefficient (Wildman–Crippen LogP) is 7.75. The molecule has 1 N–H and O–H groups in total. The second kappa shape index (κ2) is 15.3. The van der Waals surface area contributed by atoms with Gasteiger partial charge in [0.15, 0.2) is 0 Å². The molecule has 3 amide bonds. The second-order valence-corrected chi connectivity index (χ2v) is 8.24. The Labute approximate surface area is 197 Å². The minimum atomic E-state index is -0.650. The standard InChI is InChI=1S/C26H34ClN2O3/c1-2-3-4-5-6-7-8-9-10-15-20-32-25-19-14-12-17-23(25)28-26(31)29(21-30)24-18-13-11-16-22(24)27/h11-14,16-19H,2-10,15,20H2,1H3,(H,28,31). The molecule has 2 aromatic rings. The summed E-state index contributed by atoms with van der Waals surface area (Å²) in [6.45, 7) is 2.82. The van der Waals surface area contributed by atoms with E-state index in [-0.39, 0.29) is 10.7 Å². The van der Waals surface area contributed by atoms with Crippen molar-refractivity contribution in [2.75, 3.05) is 16.8 Å². The van der Waals surface area contributed by atoms with E-state index >= 15 is 0 Å². The van der Waals surface area contributed by atoms with Crippen molar-refractivity contribution in [1.29, 1.82) is 0 Å². The summed E-state index contributed by atoms with van der Waals surface area (Å²) in [5.74, 6) is 0.571. The molecule has 2 rings (SSSR count). The van der Waals surface area contributed by atoms with Crippen molar-refractivity contribution in [3.8, 4) is 5.75 Å². The van der Waals surface area contributed by atoms with Gasteiger partial charge in [-0.15, -0.1) is 0 Å². The third-order valence-electron chi connectivity index (χ3n) is 5.27. The molecular formula is C26H34ClN2O3. The zero-order chi connectivity index (χ0) is 23.0. The molecule has 0 saturated heterocycles. The number of nitrogens with one attached hydrogen (secondary N) is 1. The quantitative estimate of drug-likeness (QED) is 0.219. The van der Waals surface area contributed by atoms with Gasteiger partial charge in [0.05, 0.1) is 23.0 Å². The van der Waals surface area contributed by atoms with Crippen LogP contribution < -0.4 is 15.0 Å². The first kappa shape index (κ1) is 25.7. The van der Waals surface area contributed by atoms with E-state index in [1.807, 2.05) is 6.07 Å². The Kier molecular flexibility index (Phi) is 12.3. The minimum absolute atomic E-state index is 0.269. The molecule has 0 fully saturated rings. The lowest BCUT2D eigenvalue weighted by Gasteiger charge is -2.18. The maximum atomic E-state index is 12.6. The number of benzene rings is 2. The Morgan fingerprint density at radius 3 is 2.16 bits per heavy atom. The molecular weight excluding hydrogens is 424 g/mol. The van der Waals surface area contributed by atoms with Crippen molar-refractivity contribution in [3.05, 3.63) is 53.6 Å². The van der Waals surface area contributed by atoms with E-state index in [2.05, 4.69) is 12.2 Å². The second-order valence-electron chi connectivity index (χ2n) is 7.83. The zero-order valence-electron chi connectivity index (χ0n) is 18.9. The number of rotatable bonds is 15. The fourth-order valence-corrected chi connectivity index (χ4v) is 3.69. The Hall–Kier alpha value is -2.53. The van der Waals surface area contributed by atoms with E-state index in [9.17, 15) is 9.59 Å². The molecule has 32 heavy (non-hydrogen) atoms. The van der Waals surface area contributed by atoms with E-state index in [1.54, 1.807) is 48.9 Å².